The molecule has 6 heteroatoms. The van der Waals surface area contributed by atoms with E-state index in [1.807, 2.05) is 52.0 Å². The molecule has 5 nitrogen and oxygen atoms in total. The molecule has 26 heavy (non-hydrogen) atoms. The molecule has 0 aliphatic carbocycles. The van der Waals surface area contributed by atoms with Crippen LogP contribution in [0.2, 0.25) is 0 Å². The maximum absolute atomic E-state index is 13.0. The van der Waals surface area contributed by atoms with E-state index in [-0.39, 0.29) is 18.2 Å². The van der Waals surface area contributed by atoms with Crippen molar-refractivity contribution in [3.05, 3.63) is 51.4 Å². The summed E-state index contributed by atoms with van der Waals surface area (Å²) in [4.78, 5) is 31.2. The third-order valence-electron chi connectivity index (χ3n) is 4.40. The summed E-state index contributed by atoms with van der Waals surface area (Å²) in [5, 5.41) is 0.565. The molecule has 3 rings (SSSR count). The molecule has 1 aromatic carbocycles. The number of benzene rings is 1. The van der Waals surface area contributed by atoms with Crippen LogP contribution in [-0.2, 0) is 16.1 Å². The first-order valence-corrected chi connectivity index (χ1v) is 9.47. The molecule has 0 fully saturated rings. The zero-order valence-electron chi connectivity index (χ0n) is 15.4. The quantitative estimate of drug-likeness (QED) is 0.635. The Hall–Kier alpha value is -2.47. The van der Waals surface area contributed by atoms with Crippen molar-refractivity contribution < 1.29 is 9.53 Å². The minimum absolute atomic E-state index is 0.131. The number of aromatic nitrogens is 2. The molecular weight excluding hydrogens is 348 g/mol. The second-order valence-corrected chi connectivity index (χ2v) is 7.67. The van der Waals surface area contributed by atoms with E-state index in [1.165, 1.54) is 22.2 Å². The van der Waals surface area contributed by atoms with Gasteiger partial charge in [-0.05, 0) is 32.8 Å². The summed E-state index contributed by atoms with van der Waals surface area (Å²) in [6.07, 6.45) is 2.00. The standard InChI is InChI=1S/C20H22N2O3S/c1-5-13(3)25-16(23)10-22-11-21-19-18(20(22)24)17(14(4)26-19)15-8-6-12(2)7-9-15/h6-9,11,13H,5,10H2,1-4H3/t13-/m0/s1. The van der Waals surface area contributed by atoms with Gasteiger partial charge in [0.15, 0.2) is 0 Å². The molecular formula is C20H22N2O3S. The lowest BCUT2D eigenvalue weighted by atomic mass is 10.0. The van der Waals surface area contributed by atoms with Crippen LogP contribution in [0.5, 0.6) is 0 Å². The van der Waals surface area contributed by atoms with Gasteiger partial charge in [-0.2, -0.15) is 0 Å². The maximum atomic E-state index is 13.0. The zero-order valence-corrected chi connectivity index (χ0v) is 16.2. The van der Waals surface area contributed by atoms with Crippen LogP contribution >= 0.6 is 11.3 Å². The number of aryl methyl sites for hydroxylation is 2. The van der Waals surface area contributed by atoms with E-state index in [9.17, 15) is 9.59 Å². The van der Waals surface area contributed by atoms with Crippen molar-refractivity contribution in [3.8, 4) is 11.1 Å². The van der Waals surface area contributed by atoms with E-state index in [2.05, 4.69) is 4.98 Å². The highest BCUT2D eigenvalue weighted by Crippen LogP contribution is 2.35. The summed E-state index contributed by atoms with van der Waals surface area (Å²) in [6.45, 7) is 7.66. The van der Waals surface area contributed by atoms with Crippen molar-refractivity contribution in [2.45, 2.75) is 46.8 Å². The van der Waals surface area contributed by atoms with Gasteiger partial charge >= 0.3 is 5.97 Å². The fourth-order valence-corrected chi connectivity index (χ4v) is 3.81. The normalized spacial score (nSPS) is 12.3. The van der Waals surface area contributed by atoms with Gasteiger partial charge in [0.1, 0.15) is 11.4 Å². The molecule has 0 N–H and O–H groups in total. The maximum Gasteiger partial charge on any atom is 0.326 e. The molecule has 0 aliphatic rings. The largest absolute Gasteiger partial charge is 0.461 e. The first-order valence-electron chi connectivity index (χ1n) is 8.65. The van der Waals surface area contributed by atoms with Gasteiger partial charge in [0.2, 0.25) is 0 Å². The predicted molar refractivity (Wildman–Crippen MR) is 105 cm³/mol. The molecule has 0 radical (unpaired) electrons. The van der Waals surface area contributed by atoms with Gasteiger partial charge in [0, 0.05) is 10.4 Å². The fourth-order valence-electron chi connectivity index (χ4n) is 2.80. The lowest BCUT2D eigenvalue weighted by Gasteiger charge is -2.11. The fraction of sp³-hybridized carbons (Fsp3) is 0.350. The van der Waals surface area contributed by atoms with Gasteiger partial charge in [-0.15, -0.1) is 11.3 Å². The topological polar surface area (TPSA) is 61.2 Å². The van der Waals surface area contributed by atoms with Crippen LogP contribution < -0.4 is 5.56 Å². The molecule has 0 saturated heterocycles. The number of carbonyl (C=O) groups is 1. The Bertz CT molecular complexity index is 1000. The number of hydrogen-bond donors (Lipinski definition) is 0. The third kappa shape index (κ3) is 3.55. The van der Waals surface area contributed by atoms with E-state index in [0.717, 1.165) is 28.0 Å². The van der Waals surface area contributed by atoms with E-state index in [4.69, 9.17) is 4.74 Å². The second-order valence-electron chi connectivity index (χ2n) is 6.47. The van der Waals surface area contributed by atoms with Crippen LogP contribution in [0.3, 0.4) is 0 Å². The van der Waals surface area contributed by atoms with E-state index in [0.29, 0.717) is 10.2 Å². The molecule has 0 unspecified atom stereocenters. The van der Waals surface area contributed by atoms with Crippen LogP contribution in [0.1, 0.15) is 30.7 Å². The Balaban J connectivity index is 2.05. The Morgan fingerprint density at radius 2 is 1.96 bits per heavy atom. The molecule has 0 amide bonds. The first-order chi connectivity index (χ1) is 12.4. The summed E-state index contributed by atoms with van der Waals surface area (Å²) in [7, 11) is 0. The van der Waals surface area contributed by atoms with Crippen molar-refractivity contribution in [2.24, 2.45) is 0 Å². The van der Waals surface area contributed by atoms with E-state index < -0.39 is 5.97 Å². The van der Waals surface area contributed by atoms with Gasteiger partial charge in [0.25, 0.3) is 5.56 Å². The van der Waals surface area contributed by atoms with Crippen LogP contribution in [0.4, 0.5) is 0 Å². The summed E-state index contributed by atoms with van der Waals surface area (Å²) < 4.78 is 6.61. The Morgan fingerprint density at radius 1 is 1.27 bits per heavy atom. The lowest BCUT2D eigenvalue weighted by Crippen LogP contribution is -2.27. The highest BCUT2D eigenvalue weighted by molar-refractivity contribution is 7.19. The molecule has 0 spiro atoms. The molecule has 1 atom stereocenters. The molecule has 2 aromatic heterocycles. The van der Waals surface area contributed by atoms with E-state index >= 15 is 0 Å². The molecule has 0 bridgehead atoms. The van der Waals surface area contributed by atoms with Crippen LogP contribution in [0, 0.1) is 13.8 Å². The number of rotatable bonds is 5. The van der Waals surface area contributed by atoms with Crippen molar-refractivity contribution in [2.75, 3.05) is 0 Å². The average molecular weight is 370 g/mol. The highest BCUT2D eigenvalue weighted by Gasteiger charge is 2.18. The number of ether oxygens (including phenoxy) is 1. The minimum atomic E-state index is -0.425. The smallest absolute Gasteiger partial charge is 0.326 e. The van der Waals surface area contributed by atoms with Crippen molar-refractivity contribution in [1.29, 1.82) is 0 Å². The van der Waals surface area contributed by atoms with Gasteiger partial charge in [-0.1, -0.05) is 36.8 Å². The first kappa shape index (κ1) is 18.3. The molecule has 0 saturated carbocycles. The van der Waals surface area contributed by atoms with Gasteiger partial charge in [-0.25, -0.2) is 4.98 Å². The molecule has 0 aliphatic heterocycles. The Morgan fingerprint density at radius 3 is 2.62 bits per heavy atom. The summed E-state index contributed by atoms with van der Waals surface area (Å²) >= 11 is 1.49. The number of fused-ring (bicyclic) bond motifs is 1. The predicted octanol–water partition coefficient (Wildman–Crippen LogP) is 4.08. The number of hydrogen-bond acceptors (Lipinski definition) is 5. The number of carbonyl (C=O) groups excluding carboxylic acids is 1. The Labute approximate surface area is 156 Å². The van der Waals surface area contributed by atoms with Crippen molar-refractivity contribution in [3.63, 3.8) is 0 Å². The minimum Gasteiger partial charge on any atom is -0.461 e. The summed E-state index contributed by atoms with van der Waals surface area (Å²) in [6, 6.07) is 8.07. The van der Waals surface area contributed by atoms with Gasteiger partial charge in [-0.3, -0.25) is 14.2 Å². The number of nitrogens with zero attached hydrogens (tertiary/aromatic N) is 2. The number of thiophene rings is 1. The number of esters is 1. The zero-order chi connectivity index (χ0) is 18.8. The summed E-state index contributed by atoms with van der Waals surface area (Å²) in [5.74, 6) is -0.425. The molecule has 3 aromatic rings. The van der Waals surface area contributed by atoms with Crippen LogP contribution in [0.25, 0.3) is 21.3 Å². The average Bonchev–Trinajstić information content (AvgIpc) is 2.95. The summed E-state index contributed by atoms with van der Waals surface area (Å²) in [5.41, 5.74) is 2.83. The lowest BCUT2D eigenvalue weighted by molar-refractivity contribution is -0.149. The Kier molecular flexibility index (Phi) is 5.23. The second kappa shape index (κ2) is 7.41. The monoisotopic (exact) mass is 370 g/mol. The SMILES string of the molecule is CC[C@H](C)OC(=O)Cn1cnc2sc(C)c(-c3ccc(C)cc3)c2c1=O. The van der Waals surface area contributed by atoms with E-state index in [1.54, 1.807) is 0 Å². The highest BCUT2D eigenvalue weighted by atomic mass is 32.1. The van der Waals surface area contributed by atoms with Gasteiger partial charge in [0.05, 0.1) is 17.8 Å². The third-order valence-corrected chi connectivity index (χ3v) is 5.42. The molecule has 136 valence electrons. The van der Waals surface area contributed by atoms with Crippen molar-refractivity contribution >= 4 is 27.5 Å². The van der Waals surface area contributed by atoms with Crippen LogP contribution in [0.15, 0.2) is 35.4 Å². The van der Waals surface area contributed by atoms with Crippen LogP contribution in [-0.4, -0.2) is 21.6 Å². The molecule has 2 heterocycles. The van der Waals surface area contributed by atoms with Gasteiger partial charge < -0.3 is 4.74 Å². The van der Waals surface area contributed by atoms with Crippen molar-refractivity contribution in [1.82, 2.24) is 9.55 Å².